The summed E-state index contributed by atoms with van der Waals surface area (Å²) in [5.41, 5.74) is 1.07. The van der Waals surface area contributed by atoms with Crippen LogP contribution in [0.3, 0.4) is 0 Å². The fourth-order valence-electron chi connectivity index (χ4n) is 1.74. The second-order valence-corrected chi connectivity index (χ2v) is 6.72. The highest BCUT2D eigenvalue weighted by atomic mass is 16.5. The summed E-state index contributed by atoms with van der Waals surface area (Å²) in [7, 11) is 0. The molecule has 0 radical (unpaired) electrons. The number of hydrogen-bond acceptors (Lipinski definition) is 4. The van der Waals surface area contributed by atoms with Crippen LogP contribution in [-0.4, -0.2) is 33.7 Å². The van der Waals surface area contributed by atoms with Crippen LogP contribution in [-0.2, 0) is 17.8 Å². The summed E-state index contributed by atoms with van der Waals surface area (Å²) in [4.78, 5) is 0. The molecule has 1 rings (SSSR count). The van der Waals surface area contributed by atoms with Crippen molar-refractivity contribution in [1.29, 1.82) is 0 Å². The summed E-state index contributed by atoms with van der Waals surface area (Å²) < 4.78 is 7.46. The Morgan fingerprint density at radius 1 is 1.30 bits per heavy atom. The number of rotatable bonds is 9. The number of hydrogen-bond donors (Lipinski definition) is 1. The van der Waals surface area contributed by atoms with E-state index in [9.17, 15) is 0 Å². The number of aromatic nitrogens is 3. The van der Waals surface area contributed by atoms with Crippen LogP contribution in [0.2, 0.25) is 0 Å². The molecule has 0 saturated heterocycles. The molecule has 5 nitrogen and oxygen atoms in total. The van der Waals surface area contributed by atoms with Gasteiger partial charge in [0.25, 0.3) is 0 Å². The maximum absolute atomic E-state index is 5.61. The monoisotopic (exact) mass is 282 g/mol. The first-order valence-electron chi connectivity index (χ1n) is 7.58. The predicted molar refractivity (Wildman–Crippen MR) is 81.5 cm³/mol. The first-order chi connectivity index (χ1) is 9.37. The second kappa shape index (κ2) is 8.37. The Hall–Kier alpha value is -0.940. The Labute approximate surface area is 123 Å². The van der Waals surface area contributed by atoms with Crippen LogP contribution in [0.15, 0.2) is 6.20 Å². The molecule has 0 spiro atoms. The molecule has 0 amide bonds. The Bertz CT molecular complexity index is 368. The summed E-state index contributed by atoms with van der Waals surface area (Å²) in [5, 5.41) is 11.7. The van der Waals surface area contributed by atoms with Gasteiger partial charge in [0.2, 0.25) is 0 Å². The summed E-state index contributed by atoms with van der Waals surface area (Å²) in [6.45, 7) is 14.0. The van der Waals surface area contributed by atoms with Gasteiger partial charge in [0.15, 0.2) is 0 Å². The SMILES string of the molecule is CC(C)CCCOCCn1cc(CNC(C)(C)C)nn1. The standard InChI is InChI=1S/C15H30N4O/c1-13(2)7-6-9-20-10-8-19-12-14(17-18-19)11-16-15(3,4)5/h12-13,16H,6-11H2,1-5H3. The summed E-state index contributed by atoms with van der Waals surface area (Å²) >= 11 is 0. The average Bonchev–Trinajstić information content (AvgIpc) is 2.78. The Balaban J connectivity index is 2.14. The molecule has 1 N–H and O–H groups in total. The van der Waals surface area contributed by atoms with Crippen molar-refractivity contribution in [3.8, 4) is 0 Å². The second-order valence-electron chi connectivity index (χ2n) is 6.72. The van der Waals surface area contributed by atoms with Crippen molar-refractivity contribution >= 4 is 0 Å². The maximum Gasteiger partial charge on any atom is 0.0965 e. The number of nitrogens with zero attached hydrogens (tertiary/aromatic N) is 3. The molecule has 0 aliphatic rings. The quantitative estimate of drug-likeness (QED) is 0.707. The summed E-state index contributed by atoms with van der Waals surface area (Å²) in [6.07, 6.45) is 4.35. The van der Waals surface area contributed by atoms with E-state index in [0.717, 1.165) is 37.7 Å². The number of nitrogens with one attached hydrogen (secondary N) is 1. The van der Waals surface area contributed by atoms with Gasteiger partial charge in [-0.1, -0.05) is 19.1 Å². The van der Waals surface area contributed by atoms with E-state index in [1.54, 1.807) is 0 Å². The molecule has 1 aromatic heterocycles. The minimum Gasteiger partial charge on any atom is -0.380 e. The third-order valence-corrected chi connectivity index (χ3v) is 2.92. The van der Waals surface area contributed by atoms with Crippen LogP contribution in [0.5, 0.6) is 0 Å². The molecule has 0 fully saturated rings. The van der Waals surface area contributed by atoms with Gasteiger partial charge in [0, 0.05) is 24.9 Å². The van der Waals surface area contributed by atoms with Crippen molar-refractivity contribution in [2.75, 3.05) is 13.2 Å². The molecular formula is C15H30N4O. The lowest BCUT2D eigenvalue weighted by Gasteiger charge is -2.19. The molecule has 0 bridgehead atoms. The van der Waals surface area contributed by atoms with Crippen molar-refractivity contribution in [3.05, 3.63) is 11.9 Å². The maximum atomic E-state index is 5.61. The summed E-state index contributed by atoms with van der Waals surface area (Å²) in [5.74, 6) is 0.756. The Morgan fingerprint density at radius 2 is 2.05 bits per heavy atom. The van der Waals surface area contributed by atoms with Gasteiger partial charge in [-0.05, 0) is 39.5 Å². The topological polar surface area (TPSA) is 52.0 Å². The molecule has 0 saturated carbocycles. The van der Waals surface area contributed by atoms with E-state index in [1.807, 2.05) is 10.9 Å². The van der Waals surface area contributed by atoms with Gasteiger partial charge in [0.05, 0.1) is 18.8 Å². The van der Waals surface area contributed by atoms with E-state index in [1.165, 1.54) is 6.42 Å². The van der Waals surface area contributed by atoms with Crippen molar-refractivity contribution in [1.82, 2.24) is 20.3 Å². The number of ether oxygens (including phenoxy) is 1. The van der Waals surface area contributed by atoms with E-state index in [2.05, 4.69) is 50.2 Å². The highest BCUT2D eigenvalue weighted by Gasteiger charge is 2.09. The Morgan fingerprint density at radius 3 is 2.70 bits per heavy atom. The highest BCUT2D eigenvalue weighted by molar-refractivity contribution is 4.92. The van der Waals surface area contributed by atoms with E-state index >= 15 is 0 Å². The van der Waals surface area contributed by atoms with E-state index < -0.39 is 0 Å². The first kappa shape index (κ1) is 17.1. The van der Waals surface area contributed by atoms with Crippen molar-refractivity contribution in [2.24, 2.45) is 5.92 Å². The van der Waals surface area contributed by atoms with Crippen LogP contribution in [0.1, 0.15) is 53.2 Å². The lowest BCUT2D eigenvalue weighted by atomic mass is 10.1. The summed E-state index contributed by atoms with van der Waals surface area (Å²) in [6, 6.07) is 0. The lowest BCUT2D eigenvalue weighted by molar-refractivity contribution is 0.117. The zero-order valence-corrected chi connectivity index (χ0v) is 13.6. The van der Waals surface area contributed by atoms with Crippen molar-refractivity contribution < 1.29 is 4.74 Å². The molecule has 1 aromatic rings. The van der Waals surface area contributed by atoms with E-state index in [0.29, 0.717) is 6.61 Å². The zero-order chi connectivity index (χ0) is 15.0. The first-order valence-corrected chi connectivity index (χ1v) is 7.58. The van der Waals surface area contributed by atoms with Gasteiger partial charge in [-0.25, -0.2) is 4.68 Å². The van der Waals surface area contributed by atoms with Crippen molar-refractivity contribution in [2.45, 2.75) is 66.1 Å². The van der Waals surface area contributed by atoms with Crippen LogP contribution < -0.4 is 5.32 Å². The molecule has 0 atom stereocenters. The molecule has 20 heavy (non-hydrogen) atoms. The molecule has 116 valence electrons. The minimum absolute atomic E-state index is 0.101. The minimum atomic E-state index is 0.101. The highest BCUT2D eigenvalue weighted by Crippen LogP contribution is 2.03. The van der Waals surface area contributed by atoms with Crippen LogP contribution in [0.4, 0.5) is 0 Å². The van der Waals surface area contributed by atoms with Gasteiger partial charge in [-0.3, -0.25) is 0 Å². The third kappa shape index (κ3) is 8.27. The van der Waals surface area contributed by atoms with Gasteiger partial charge >= 0.3 is 0 Å². The molecule has 0 unspecified atom stereocenters. The Kier molecular flexibility index (Phi) is 7.16. The predicted octanol–water partition coefficient (Wildman–Crippen LogP) is 2.62. The van der Waals surface area contributed by atoms with Gasteiger partial charge < -0.3 is 10.1 Å². The normalized spacial score (nSPS) is 12.3. The zero-order valence-electron chi connectivity index (χ0n) is 13.6. The van der Waals surface area contributed by atoms with E-state index in [4.69, 9.17) is 4.74 Å². The molecule has 1 heterocycles. The largest absolute Gasteiger partial charge is 0.380 e. The van der Waals surface area contributed by atoms with Crippen LogP contribution in [0.25, 0.3) is 0 Å². The smallest absolute Gasteiger partial charge is 0.0965 e. The molecule has 0 aliphatic carbocycles. The third-order valence-electron chi connectivity index (χ3n) is 2.92. The van der Waals surface area contributed by atoms with Crippen LogP contribution >= 0.6 is 0 Å². The van der Waals surface area contributed by atoms with Gasteiger partial charge in [-0.2, -0.15) is 0 Å². The molecule has 0 aromatic carbocycles. The van der Waals surface area contributed by atoms with Crippen molar-refractivity contribution in [3.63, 3.8) is 0 Å². The molecular weight excluding hydrogens is 252 g/mol. The van der Waals surface area contributed by atoms with Gasteiger partial charge in [0.1, 0.15) is 0 Å². The fourth-order valence-corrected chi connectivity index (χ4v) is 1.74. The van der Waals surface area contributed by atoms with Crippen LogP contribution in [0, 0.1) is 5.92 Å². The van der Waals surface area contributed by atoms with E-state index in [-0.39, 0.29) is 5.54 Å². The fraction of sp³-hybridized carbons (Fsp3) is 0.867. The van der Waals surface area contributed by atoms with Gasteiger partial charge in [-0.15, -0.1) is 5.10 Å². The molecule has 0 aliphatic heterocycles. The average molecular weight is 282 g/mol. The molecule has 5 heteroatoms. The lowest BCUT2D eigenvalue weighted by Crippen LogP contribution is -2.35.